The van der Waals surface area contributed by atoms with E-state index in [2.05, 4.69) is 37.1 Å². The Labute approximate surface area is 130 Å². The molecule has 2 aromatic heterocycles. The van der Waals surface area contributed by atoms with Crippen LogP contribution in [-0.4, -0.2) is 23.6 Å². The minimum atomic E-state index is 0.546. The number of hydrogen-bond donors (Lipinski definition) is 1. The molecule has 0 aliphatic rings. The fraction of sp³-hybridized carbons (Fsp3) is 0.500. The smallest absolute Gasteiger partial charge is 0.142 e. The Morgan fingerprint density at radius 1 is 1.33 bits per heavy atom. The van der Waals surface area contributed by atoms with E-state index in [1.165, 1.54) is 16.0 Å². The van der Waals surface area contributed by atoms with Crippen LogP contribution in [0, 0.1) is 13.8 Å². The van der Waals surface area contributed by atoms with Crippen LogP contribution in [0.2, 0.25) is 0 Å². The summed E-state index contributed by atoms with van der Waals surface area (Å²) < 4.78 is 5.27. The van der Waals surface area contributed by atoms with Crippen molar-refractivity contribution < 1.29 is 4.74 Å². The van der Waals surface area contributed by atoms with Gasteiger partial charge in [-0.15, -0.1) is 11.3 Å². The number of rotatable bonds is 7. The van der Waals surface area contributed by atoms with Gasteiger partial charge in [0.2, 0.25) is 0 Å². The quantitative estimate of drug-likeness (QED) is 0.796. The number of thiazole rings is 1. The molecule has 0 saturated heterocycles. The maximum absolute atomic E-state index is 5.27. The molecular formula is C16H23N3OS. The highest BCUT2D eigenvalue weighted by Crippen LogP contribution is 2.29. The molecule has 0 bridgehead atoms. The van der Waals surface area contributed by atoms with Crippen molar-refractivity contribution in [3.8, 4) is 10.7 Å². The van der Waals surface area contributed by atoms with Crippen LogP contribution in [0.25, 0.3) is 10.7 Å². The van der Waals surface area contributed by atoms with Crippen LogP contribution in [-0.2, 0) is 17.9 Å². The first-order chi connectivity index (χ1) is 10.2. The molecule has 1 N–H and O–H groups in total. The van der Waals surface area contributed by atoms with Crippen molar-refractivity contribution in [2.75, 3.05) is 13.7 Å². The van der Waals surface area contributed by atoms with Gasteiger partial charge in [-0.25, -0.2) is 4.98 Å². The van der Waals surface area contributed by atoms with Crippen molar-refractivity contribution in [1.29, 1.82) is 0 Å². The van der Waals surface area contributed by atoms with Crippen molar-refractivity contribution in [3.05, 3.63) is 34.0 Å². The number of hydrogen-bond acceptors (Lipinski definition) is 5. The molecule has 0 aromatic carbocycles. The summed E-state index contributed by atoms with van der Waals surface area (Å²) in [6.07, 6.45) is 3.03. The highest BCUT2D eigenvalue weighted by atomic mass is 32.1. The number of ether oxygens (including phenoxy) is 1. The van der Waals surface area contributed by atoms with Gasteiger partial charge in [0.05, 0.1) is 12.3 Å². The molecule has 2 aromatic rings. The lowest BCUT2D eigenvalue weighted by Crippen LogP contribution is -2.14. The summed E-state index contributed by atoms with van der Waals surface area (Å²) in [5.41, 5.74) is 4.34. The summed E-state index contributed by atoms with van der Waals surface area (Å²) in [7, 11) is 1.71. The summed E-state index contributed by atoms with van der Waals surface area (Å²) in [6, 6.07) is 2.15. The van der Waals surface area contributed by atoms with Crippen molar-refractivity contribution in [2.24, 2.45) is 0 Å². The van der Waals surface area contributed by atoms with Crippen LogP contribution in [0.3, 0.4) is 0 Å². The van der Waals surface area contributed by atoms with Crippen molar-refractivity contribution >= 4 is 11.3 Å². The molecule has 0 radical (unpaired) electrons. The average molecular weight is 305 g/mol. The van der Waals surface area contributed by atoms with Crippen molar-refractivity contribution in [2.45, 2.75) is 40.3 Å². The number of aryl methyl sites for hydroxylation is 2. The molecule has 0 amide bonds. The predicted octanol–water partition coefficient (Wildman–Crippen LogP) is 3.47. The maximum Gasteiger partial charge on any atom is 0.142 e. The standard InChI is InChI=1S/C16H23N3OS/c1-5-6-17-9-14-13(10-20-4)19-16(21-14)15-12(3)7-11(2)8-18-15/h7-8,17H,5-6,9-10H2,1-4H3. The fourth-order valence-corrected chi connectivity index (χ4v) is 3.29. The molecule has 0 atom stereocenters. The van der Waals surface area contributed by atoms with E-state index in [0.29, 0.717) is 6.61 Å². The van der Waals surface area contributed by atoms with Gasteiger partial charge in [0.1, 0.15) is 10.7 Å². The Morgan fingerprint density at radius 2 is 2.14 bits per heavy atom. The zero-order valence-electron chi connectivity index (χ0n) is 13.2. The molecule has 4 nitrogen and oxygen atoms in total. The summed E-state index contributed by atoms with van der Waals surface area (Å²) >= 11 is 1.71. The van der Waals surface area contributed by atoms with Gasteiger partial charge in [0, 0.05) is 24.7 Å². The highest BCUT2D eigenvalue weighted by molar-refractivity contribution is 7.15. The van der Waals surface area contributed by atoms with Gasteiger partial charge in [-0.1, -0.05) is 13.0 Å². The minimum Gasteiger partial charge on any atom is -0.378 e. The van der Waals surface area contributed by atoms with E-state index in [1.807, 2.05) is 6.20 Å². The van der Waals surface area contributed by atoms with Gasteiger partial charge >= 0.3 is 0 Å². The first-order valence-electron chi connectivity index (χ1n) is 7.27. The topological polar surface area (TPSA) is 47.0 Å². The highest BCUT2D eigenvalue weighted by Gasteiger charge is 2.14. The first-order valence-corrected chi connectivity index (χ1v) is 8.09. The normalized spacial score (nSPS) is 11.0. The third kappa shape index (κ3) is 4.09. The SMILES string of the molecule is CCCNCc1sc(-c2ncc(C)cc2C)nc1COC. The molecule has 5 heteroatoms. The van der Waals surface area contributed by atoms with E-state index < -0.39 is 0 Å². The Kier molecular flexibility index (Phi) is 5.85. The third-order valence-corrected chi connectivity index (χ3v) is 4.29. The van der Waals surface area contributed by atoms with Crippen LogP contribution in [0.1, 0.15) is 35.0 Å². The molecule has 21 heavy (non-hydrogen) atoms. The van der Waals surface area contributed by atoms with E-state index in [1.54, 1.807) is 18.4 Å². The lowest BCUT2D eigenvalue weighted by atomic mass is 10.2. The Bertz CT molecular complexity index is 595. The van der Waals surface area contributed by atoms with Crippen LogP contribution < -0.4 is 5.32 Å². The summed E-state index contributed by atoms with van der Waals surface area (Å²) in [4.78, 5) is 10.5. The zero-order chi connectivity index (χ0) is 15.2. The Hall–Kier alpha value is -1.30. The number of nitrogens with zero attached hydrogens (tertiary/aromatic N) is 2. The van der Waals surface area contributed by atoms with E-state index in [4.69, 9.17) is 9.72 Å². The molecule has 0 unspecified atom stereocenters. The molecule has 0 saturated carbocycles. The second kappa shape index (κ2) is 7.64. The number of pyridine rings is 1. The number of methoxy groups -OCH3 is 1. The summed E-state index contributed by atoms with van der Waals surface area (Å²) in [5.74, 6) is 0. The molecular weight excluding hydrogens is 282 g/mol. The summed E-state index contributed by atoms with van der Waals surface area (Å²) in [6.45, 7) is 8.71. The Morgan fingerprint density at radius 3 is 2.81 bits per heavy atom. The predicted molar refractivity (Wildman–Crippen MR) is 87.5 cm³/mol. The lowest BCUT2D eigenvalue weighted by Gasteiger charge is -2.02. The van der Waals surface area contributed by atoms with E-state index in [-0.39, 0.29) is 0 Å². The second-order valence-corrected chi connectivity index (χ2v) is 6.26. The number of aromatic nitrogens is 2. The maximum atomic E-state index is 5.27. The Balaban J connectivity index is 2.29. The van der Waals surface area contributed by atoms with E-state index >= 15 is 0 Å². The average Bonchev–Trinajstić information content (AvgIpc) is 2.82. The second-order valence-electron chi connectivity index (χ2n) is 5.18. The van der Waals surface area contributed by atoms with Gasteiger partial charge in [-0.3, -0.25) is 4.98 Å². The van der Waals surface area contributed by atoms with Crippen LogP contribution in [0.15, 0.2) is 12.3 Å². The molecule has 2 heterocycles. The van der Waals surface area contributed by atoms with Crippen LogP contribution >= 0.6 is 11.3 Å². The zero-order valence-corrected chi connectivity index (χ0v) is 14.0. The van der Waals surface area contributed by atoms with Gasteiger partial charge in [-0.2, -0.15) is 0 Å². The third-order valence-electron chi connectivity index (χ3n) is 3.19. The van der Waals surface area contributed by atoms with Crippen LogP contribution in [0.5, 0.6) is 0 Å². The van der Waals surface area contributed by atoms with Crippen molar-refractivity contribution in [1.82, 2.24) is 15.3 Å². The molecule has 2 rings (SSSR count). The molecule has 114 valence electrons. The van der Waals surface area contributed by atoms with Crippen LogP contribution in [0.4, 0.5) is 0 Å². The van der Waals surface area contributed by atoms with Gasteiger partial charge in [-0.05, 0) is 37.9 Å². The largest absolute Gasteiger partial charge is 0.378 e. The lowest BCUT2D eigenvalue weighted by molar-refractivity contribution is 0.181. The number of nitrogens with one attached hydrogen (secondary N) is 1. The van der Waals surface area contributed by atoms with Gasteiger partial charge in [0.15, 0.2) is 0 Å². The molecule has 0 aliphatic heterocycles. The molecule has 0 aliphatic carbocycles. The van der Waals surface area contributed by atoms with Gasteiger partial charge < -0.3 is 10.1 Å². The monoisotopic (exact) mass is 305 g/mol. The minimum absolute atomic E-state index is 0.546. The molecule has 0 spiro atoms. The first kappa shape index (κ1) is 16.1. The van der Waals surface area contributed by atoms with E-state index in [9.17, 15) is 0 Å². The van der Waals surface area contributed by atoms with Crippen molar-refractivity contribution in [3.63, 3.8) is 0 Å². The van der Waals surface area contributed by atoms with E-state index in [0.717, 1.165) is 35.9 Å². The summed E-state index contributed by atoms with van der Waals surface area (Å²) in [5, 5.41) is 4.41. The molecule has 0 fully saturated rings. The fourth-order valence-electron chi connectivity index (χ4n) is 2.19. The van der Waals surface area contributed by atoms with Gasteiger partial charge in [0.25, 0.3) is 0 Å².